The number of carbonyl (C=O) groups excluding carboxylic acids is 2. The molecular formula is C27H30N2O5. The van der Waals surface area contributed by atoms with Crippen LogP contribution in [-0.4, -0.2) is 57.0 Å². The Morgan fingerprint density at radius 1 is 0.971 bits per heavy atom. The molecule has 0 aromatic heterocycles. The Hall–Kier alpha value is -3.84. The third-order valence-electron chi connectivity index (χ3n) is 5.43. The highest BCUT2D eigenvalue weighted by Gasteiger charge is 2.44. The molecule has 2 aromatic rings. The predicted octanol–water partition coefficient (Wildman–Crippen LogP) is 1.18. The van der Waals surface area contributed by atoms with Crippen LogP contribution in [-0.2, 0) is 9.59 Å². The topological polar surface area (TPSA) is 83.3 Å². The second-order valence-corrected chi connectivity index (χ2v) is 8.22. The van der Waals surface area contributed by atoms with E-state index in [1.54, 1.807) is 60.7 Å². The number of carbonyl (C=O) groups is 2. The lowest BCUT2D eigenvalue weighted by Gasteiger charge is -2.28. The molecule has 7 nitrogen and oxygen atoms in total. The number of ketones is 1. The maximum atomic E-state index is 13.5. The molecule has 0 bridgehead atoms. The quantitative estimate of drug-likeness (QED) is 0.235. The molecule has 1 atom stereocenters. The van der Waals surface area contributed by atoms with Gasteiger partial charge in [0.15, 0.2) is 0 Å². The van der Waals surface area contributed by atoms with E-state index in [9.17, 15) is 14.7 Å². The second kappa shape index (κ2) is 11.3. The van der Waals surface area contributed by atoms with Crippen molar-refractivity contribution in [3.8, 4) is 11.5 Å². The Morgan fingerprint density at radius 2 is 1.50 bits per heavy atom. The SMILES string of the molecule is C=CCOc1ccc(C([O-])=C2C(=O)C(=O)N(CC[NH+](C)C)C2c2ccc(OCC=C)cc2)cc1. The molecule has 1 amide bonds. The van der Waals surface area contributed by atoms with Crippen LogP contribution >= 0.6 is 0 Å². The summed E-state index contributed by atoms with van der Waals surface area (Å²) in [4.78, 5) is 28.6. The van der Waals surface area contributed by atoms with Gasteiger partial charge in [0.25, 0.3) is 5.91 Å². The highest BCUT2D eigenvalue weighted by Crippen LogP contribution is 2.39. The number of benzene rings is 2. The summed E-state index contributed by atoms with van der Waals surface area (Å²) in [6.07, 6.45) is 3.27. The van der Waals surface area contributed by atoms with Crippen LogP contribution in [0.15, 0.2) is 79.4 Å². The first-order valence-corrected chi connectivity index (χ1v) is 11.1. The van der Waals surface area contributed by atoms with Gasteiger partial charge in [0, 0.05) is 5.57 Å². The molecule has 1 aliphatic heterocycles. The minimum absolute atomic E-state index is 0.0433. The van der Waals surface area contributed by atoms with Crippen LogP contribution in [0.5, 0.6) is 11.5 Å². The van der Waals surface area contributed by atoms with E-state index < -0.39 is 23.5 Å². The van der Waals surface area contributed by atoms with Crippen LogP contribution in [0.2, 0.25) is 0 Å². The first-order valence-electron chi connectivity index (χ1n) is 11.1. The summed E-state index contributed by atoms with van der Waals surface area (Å²) in [7, 11) is 3.93. The van der Waals surface area contributed by atoms with Gasteiger partial charge in [-0.1, -0.05) is 55.3 Å². The Balaban J connectivity index is 2.03. The van der Waals surface area contributed by atoms with Crippen LogP contribution in [0.3, 0.4) is 0 Å². The molecule has 1 saturated heterocycles. The third-order valence-corrected chi connectivity index (χ3v) is 5.43. The summed E-state index contributed by atoms with van der Waals surface area (Å²) < 4.78 is 11.0. The Labute approximate surface area is 200 Å². The van der Waals surface area contributed by atoms with Gasteiger partial charge in [-0.2, -0.15) is 0 Å². The van der Waals surface area contributed by atoms with Gasteiger partial charge in [-0.3, -0.25) is 9.59 Å². The average Bonchev–Trinajstić information content (AvgIpc) is 3.10. The Kier molecular flexibility index (Phi) is 8.27. The van der Waals surface area contributed by atoms with Crippen molar-refractivity contribution in [1.29, 1.82) is 0 Å². The van der Waals surface area contributed by atoms with Crippen LogP contribution in [0.25, 0.3) is 5.76 Å². The zero-order valence-electron chi connectivity index (χ0n) is 19.6. The predicted molar refractivity (Wildman–Crippen MR) is 128 cm³/mol. The molecule has 0 radical (unpaired) electrons. The van der Waals surface area contributed by atoms with Crippen LogP contribution in [0, 0.1) is 0 Å². The number of Topliss-reactive ketones (excluding diaryl/α,β-unsaturated/α-hetero) is 1. The summed E-state index contributed by atoms with van der Waals surface area (Å²) in [5.41, 5.74) is 0.949. The monoisotopic (exact) mass is 462 g/mol. The fourth-order valence-corrected chi connectivity index (χ4v) is 3.71. The van der Waals surface area contributed by atoms with E-state index in [4.69, 9.17) is 9.47 Å². The number of ether oxygens (including phenoxy) is 2. The van der Waals surface area contributed by atoms with Crippen molar-refractivity contribution in [1.82, 2.24) is 4.90 Å². The van der Waals surface area contributed by atoms with Crippen molar-refractivity contribution >= 4 is 17.4 Å². The summed E-state index contributed by atoms with van der Waals surface area (Å²) in [6.45, 7) is 8.92. The van der Waals surface area contributed by atoms with Crippen LogP contribution < -0.4 is 19.5 Å². The maximum Gasteiger partial charge on any atom is 0.295 e. The normalized spacial score (nSPS) is 17.1. The van der Waals surface area contributed by atoms with E-state index in [2.05, 4.69) is 13.2 Å². The number of rotatable bonds is 11. The smallest absolute Gasteiger partial charge is 0.295 e. The molecule has 1 heterocycles. The number of likely N-dealkylation sites (N-methyl/N-ethyl adjacent to an activating group) is 1. The molecule has 1 N–H and O–H groups in total. The van der Waals surface area contributed by atoms with E-state index in [1.807, 2.05) is 14.1 Å². The average molecular weight is 463 g/mol. The van der Waals surface area contributed by atoms with Gasteiger partial charge in [-0.05, 0) is 35.4 Å². The van der Waals surface area contributed by atoms with Crippen molar-refractivity contribution in [2.75, 3.05) is 40.4 Å². The number of amides is 1. The van der Waals surface area contributed by atoms with E-state index in [0.717, 1.165) is 4.90 Å². The Morgan fingerprint density at radius 3 is 2.00 bits per heavy atom. The first-order chi connectivity index (χ1) is 16.4. The van der Waals surface area contributed by atoms with Crippen molar-refractivity contribution in [3.63, 3.8) is 0 Å². The minimum Gasteiger partial charge on any atom is -0.872 e. The van der Waals surface area contributed by atoms with Crippen LogP contribution in [0.4, 0.5) is 0 Å². The number of likely N-dealkylation sites (tertiary alicyclic amines) is 1. The second-order valence-electron chi connectivity index (χ2n) is 8.22. The number of quaternary nitrogens is 1. The van der Waals surface area contributed by atoms with Gasteiger partial charge in [0.1, 0.15) is 24.7 Å². The van der Waals surface area contributed by atoms with Crippen molar-refractivity contribution in [3.05, 3.63) is 90.5 Å². The van der Waals surface area contributed by atoms with E-state index in [-0.39, 0.29) is 5.57 Å². The van der Waals surface area contributed by atoms with Gasteiger partial charge < -0.3 is 24.4 Å². The van der Waals surface area contributed by atoms with Gasteiger partial charge in [-0.15, -0.1) is 0 Å². The molecule has 0 saturated carbocycles. The zero-order valence-corrected chi connectivity index (χ0v) is 19.6. The maximum absolute atomic E-state index is 13.5. The highest BCUT2D eigenvalue weighted by atomic mass is 16.5. The molecule has 7 heteroatoms. The fraction of sp³-hybridized carbons (Fsp3) is 0.259. The lowest BCUT2D eigenvalue weighted by molar-refractivity contribution is -0.857. The van der Waals surface area contributed by atoms with Crippen molar-refractivity contribution in [2.24, 2.45) is 0 Å². The number of nitrogens with one attached hydrogen (secondary N) is 1. The summed E-state index contributed by atoms with van der Waals surface area (Å²) in [5, 5.41) is 13.5. The summed E-state index contributed by atoms with van der Waals surface area (Å²) >= 11 is 0. The molecule has 1 aliphatic rings. The molecule has 2 aromatic carbocycles. The molecule has 178 valence electrons. The van der Waals surface area contributed by atoms with Crippen molar-refractivity contribution in [2.45, 2.75) is 6.04 Å². The van der Waals surface area contributed by atoms with E-state index >= 15 is 0 Å². The van der Waals surface area contributed by atoms with E-state index in [1.165, 1.54) is 4.90 Å². The number of hydrogen-bond donors (Lipinski definition) is 1. The minimum atomic E-state index is -0.767. The van der Waals surface area contributed by atoms with Gasteiger partial charge in [0.05, 0.1) is 33.2 Å². The fourth-order valence-electron chi connectivity index (χ4n) is 3.71. The molecular weight excluding hydrogens is 432 g/mol. The molecule has 1 unspecified atom stereocenters. The number of hydrogen-bond acceptors (Lipinski definition) is 5. The lowest BCUT2D eigenvalue weighted by atomic mass is 9.95. The highest BCUT2D eigenvalue weighted by molar-refractivity contribution is 6.46. The van der Waals surface area contributed by atoms with Gasteiger partial charge >= 0.3 is 0 Å². The van der Waals surface area contributed by atoms with Gasteiger partial charge in [0.2, 0.25) is 5.78 Å². The molecule has 1 fully saturated rings. The van der Waals surface area contributed by atoms with E-state index in [0.29, 0.717) is 48.9 Å². The third kappa shape index (κ3) is 5.55. The Bertz CT molecular complexity index is 1070. The molecule has 3 rings (SSSR count). The zero-order chi connectivity index (χ0) is 24.7. The lowest BCUT2D eigenvalue weighted by Crippen LogP contribution is -3.06. The molecule has 0 aliphatic carbocycles. The summed E-state index contributed by atoms with van der Waals surface area (Å²) in [5.74, 6) is -0.676. The largest absolute Gasteiger partial charge is 0.872 e. The molecule has 0 spiro atoms. The van der Waals surface area contributed by atoms with Gasteiger partial charge in [-0.25, -0.2) is 0 Å². The standard InChI is InChI=1S/C27H30N2O5/c1-5-17-33-21-11-7-19(8-12-21)24-23(26(31)27(32)29(24)16-15-28(3)4)25(30)20-9-13-22(14-10-20)34-18-6-2/h5-14,24,30H,1-2,15-18H2,3-4H3. The molecule has 34 heavy (non-hydrogen) atoms. The first kappa shape index (κ1) is 24.8. The van der Waals surface area contributed by atoms with Crippen LogP contribution in [0.1, 0.15) is 17.2 Å². The van der Waals surface area contributed by atoms with Crippen molar-refractivity contribution < 1.29 is 29.1 Å². The number of nitrogens with zero attached hydrogens (tertiary/aromatic N) is 1. The summed E-state index contributed by atoms with van der Waals surface area (Å²) in [6, 6.07) is 12.8.